The van der Waals surface area contributed by atoms with Crippen LogP contribution in [0.25, 0.3) is 0 Å². The van der Waals surface area contributed by atoms with Gasteiger partial charge in [0.1, 0.15) is 10.7 Å². The van der Waals surface area contributed by atoms with Gasteiger partial charge in [0.25, 0.3) is 0 Å². The number of pyridine rings is 1. The molecule has 25 heavy (non-hydrogen) atoms. The molecule has 1 aromatic heterocycles. The first-order valence-electron chi connectivity index (χ1n) is 8.50. The number of anilines is 1. The summed E-state index contributed by atoms with van der Waals surface area (Å²) < 4.78 is 26.7. The van der Waals surface area contributed by atoms with E-state index in [9.17, 15) is 8.42 Å². The predicted octanol–water partition coefficient (Wildman–Crippen LogP) is 3.56. The van der Waals surface area contributed by atoms with Crippen molar-refractivity contribution in [2.45, 2.75) is 30.6 Å². The Hall–Kier alpha value is -1.63. The van der Waals surface area contributed by atoms with Gasteiger partial charge in [0.05, 0.1) is 0 Å². The van der Waals surface area contributed by atoms with E-state index in [0.29, 0.717) is 25.5 Å². The Balaban J connectivity index is 1.58. The lowest BCUT2D eigenvalue weighted by Gasteiger charge is -2.25. The van der Waals surface area contributed by atoms with Crippen LogP contribution in [0.15, 0.2) is 47.5 Å². The first-order chi connectivity index (χ1) is 12.1. The maximum absolute atomic E-state index is 12.6. The molecule has 0 radical (unpaired) electrons. The van der Waals surface area contributed by atoms with E-state index in [1.165, 1.54) is 6.20 Å². The fraction of sp³-hybridized carbons (Fsp3) is 0.389. The summed E-state index contributed by atoms with van der Waals surface area (Å²) in [6.45, 7) is 1.90. The second kappa shape index (κ2) is 8.17. The van der Waals surface area contributed by atoms with Crippen LogP contribution >= 0.6 is 11.6 Å². The third-order valence-corrected chi connectivity index (χ3v) is 6.42. The molecule has 134 valence electrons. The lowest BCUT2D eigenvalue weighted by molar-refractivity contribution is 0.346. The van der Waals surface area contributed by atoms with Crippen LogP contribution in [0.4, 0.5) is 5.82 Å². The van der Waals surface area contributed by atoms with Gasteiger partial charge in [-0.05, 0) is 49.1 Å². The van der Waals surface area contributed by atoms with Gasteiger partial charge in [-0.1, -0.05) is 30.2 Å². The zero-order chi connectivity index (χ0) is 17.7. The lowest BCUT2D eigenvalue weighted by atomic mass is 10.1. The Kier molecular flexibility index (Phi) is 5.93. The Morgan fingerprint density at radius 3 is 2.60 bits per heavy atom. The van der Waals surface area contributed by atoms with Crippen molar-refractivity contribution < 1.29 is 8.42 Å². The van der Waals surface area contributed by atoms with E-state index >= 15 is 0 Å². The van der Waals surface area contributed by atoms with Gasteiger partial charge in [0.15, 0.2) is 0 Å². The number of hydrogen-bond acceptors (Lipinski definition) is 4. The molecule has 1 saturated heterocycles. The van der Waals surface area contributed by atoms with E-state index in [1.807, 2.05) is 24.3 Å². The van der Waals surface area contributed by atoms with Gasteiger partial charge < -0.3 is 5.32 Å². The summed E-state index contributed by atoms with van der Waals surface area (Å²) in [6.07, 6.45) is 5.20. The molecule has 2 aromatic rings. The number of nitrogens with one attached hydrogen (secondary N) is 1. The molecule has 0 atom stereocenters. The fourth-order valence-electron chi connectivity index (χ4n) is 2.92. The molecular weight excluding hydrogens is 358 g/mol. The molecule has 0 unspecified atom stereocenters. The molecule has 0 bridgehead atoms. The smallest absolute Gasteiger partial charge is 0.244 e. The molecular formula is C18H22ClN3O2S. The third-order valence-electron chi connectivity index (χ3n) is 4.30. The van der Waals surface area contributed by atoms with Crippen LogP contribution in [0, 0.1) is 0 Å². The van der Waals surface area contributed by atoms with Crippen molar-refractivity contribution in [1.82, 2.24) is 9.29 Å². The molecule has 0 amide bonds. The number of aromatic nitrogens is 1. The normalized spacial score (nSPS) is 15.9. The molecule has 1 fully saturated rings. The third kappa shape index (κ3) is 4.71. The average molecular weight is 380 g/mol. The summed E-state index contributed by atoms with van der Waals surface area (Å²) in [6, 6.07) is 11.1. The molecule has 0 aliphatic carbocycles. The summed E-state index contributed by atoms with van der Waals surface area (Å²) in [7, 11) is -3.42. The van der Waals surface area contributed by atoms with Gasteiger partial charge in [-0.3, -0.25) is 0 Å². The van der Waals surface area contributed by atoms with Crippen LogP contribution in [0.3, 0.4) is 0 Å². The maximum atomic E-state index is 12.6. The SMILES string of the molecule is O=S(=O)(c1ccc(NCCc2cccc(Cl)c2)nc1)N1CCCCC1. The standard InChI is InChI=1S/C18H22ClN3O2S/c19-16-6-4-5-15(13-16)9-10-20-18-8-7-17(14-21-18)25(23,24)22-11-2-1-3-12-22/h4-8,13-14H,1-3,9-12H2,(H,20,21). The van der Waals surface area contributed by atoms with Gasteiger partial charge in [0.2, 0.25) is 10.0 Å². The van der Waals surface area contributed by atoms with E-state index in [2.05, 4.69) is 10.3 Å². The van der Waals surface area contributed by atoms with Gasteiger partial charge in [-0.2, -0.15) is 4.31 Å². The number of piperidine rings is 1. The van der Waals surface area contributed by atoms with Crippen molar-refractivity contribution >= 4 is 27.4 Å². The van der Waals surface area contributed by atoms with Crippen molar-refractivity contribution in [1.29, 1.82) is 0 Å². The van der Waals surface area contributed by atoms with Crippen molar-refractivity contribution in [3.05, 3.63) is 53.2 Å². The summed E-state index contributed by atoms with van der Waals surface area (Å²) in [4.78, 5) is 4.50. The Bertz CT molecular complexity index is 803. The molecule has 1 aromatic carbocycles. The number of benzene rings is 1. The second-order valence-electron chi connectivity index (χ2n) is 6.15. The molecule has 3 rings (SSSR count). The molecule has 0 saturated carbocycles. The van der Waals surface area contributed by atoms with Crippen LogP contribution < -0.4 is 5.32 Å². The van der Waals surface area contributed by atoms with Crippen molar-refractivity contribution in [3.8, 4) is 0 Å². The predicted molar refractivity (Wildman–Crippen MR) is 100 cm³/mol. The van der Waals surface area contributed by atoms with Crippen molar-refractivity contribution in [2.24, 2.45) is 0 Å². The number of rotatable bonds is 6. The zero-order valence-electron chi connectivity index (χ0n) is 14.0. The summed E-state index contributed by atoms with van der Waals surface area (Å²) in [5.41, 5.74) is 1.14. The monoisotopic (exact) mass is 379 g/mol. The average Bonchev–Trinajstić information content (AvgIpc) is 2.63. The van der Waals surface area contributed by atoms with E-state index in [0.717, 1.165) is 36.3 Å². The largest absolute Gasteiger partial charge is 0.370 e. The zero-order valence-corrected chi connectivity index (χ0v) is 15.6. The molecule has 7 heteroatoms. The van der Waals surface area contributed by atoms with Crippen LogP contribution in [0.5, 0.6) is 0 Å². The van der Waals surface area contributed by atoms with Crippen molar-refractivity contribution in [3.63, 3.8) is 0 Å². The van der Waals surface area contributed by atoms with E-state index < -0.39 is 10.0 Å². The first-order valence-corrected chi connectivity index (χ1v) is 10.3. The van der Waals surface area contributed by atoms with E-state index in [-0.39, 0.29) is 4.90 Å². The Labute approximate surface area is 154 Å². The highest BCUT2D eigenvalue weighted by molar-refractivity contribution is 7.89. The molecule has 1 aliphatic rings. The highest BCUT2D eigenvalue weighted by atomic mass is 35.5. The van der Waals surface area contributed by atoms with Crippen LogP contribution in [0.1, 0.15) is 24.8 Å². The van der Waals surface area contributed by atoms with E-state index in [4.69, 9.17) is 11.6 Å². The van der Waals surface area contributed by atoms with Gasteiger partial charge >= 0.3 is 0 Å². The van der Waals surface area contributed by atoms with Crippen LogP contribution in [0.2, 0.25) is 5.02 Å². The molecule has 0 spiro atoms. The van der Waals surface area contributed by atoms with Gasteiger partial charge in [-0.25, -0.2) is 13.4 Å². The fourth-order valence-corrected chi connectivity index (χ4v) is 4.60. The molecule has 1 N–H and O–H groups in total. The van der Waals surface area contributed by atoms with Crippen LogP contribution in [-0.2, 0) is 16.4 Å². The molecule has 1 aliphatic heterocycles. The summed E-state index contributed by atoms with van der Waals surface area (Å²) >= 11 is 5.97. The highest BCUT2D eigenvalue weighted by Crippen LogP contribution is 2.20. The minimum Gasteiger partial charge on any atom is -0.370 e. The number of sulfonamides is 1. The van der Waals surface area contributed by atoms with Crippen molar-refractivity contribution in [2.75, 3.05) is 25.0 Å². The molecule has 5 nitrogen and oxygen atoms in total. The summed E-state index contributed by atoms with van der Waals surface area (Å²) in [5.74, 6) is 0.666. The number of nitrogens with zero attached hydrogens (tertiary/aromatic N) is 2. The Morgan fingerprint density at radius 1 is 1.12 bits per heavy atom. The van der Waals surface area contributed by atoms with Gasteiger partial charge in [-0.15, -0.1) is 0 Å². The van der Waals surface area contributed by atoms with Gasteiger partial charge in [0, 0.05) is 30.9 Å². The number of halogens is 1. The minimum atomic E-state index is -3.42. The summed E-state index contributed by atoms with van der Waals surface area (Å²) in [5, 5.41) is 3.93. The van der Waals surface area contributed by atoms with Crippen LogP contribution in [-0.4, -0.2) is 37.3 Å². The quantitative estimate of drug-likeness (QED) is 0.833. The Morgan fingerprint density at radius 2 is 1.92 bits per heavy atom. The second-order valence-corrected chi connectivity index (χ2v) is 8.52. The first kappa shape index (κ1) is 18.2. The molecule has 2 heterocycles. The lowest BCUT2D eigenvalue weighted by Crippen LogP contribution is -2.35. The minimum absolute atomic E-state index is 0.259. The number of hydrogen-bond donors (Lipinski definition) is 1. The topological polar surface area (TPSA) is 62.3 Å². The van der Waals surface area contributed by atoms with E-state index in [1.54, 1.807) is 16.4 Å². The maximum Gasteiger partial charge on any atom is 0.244 e. The highest BCUT2D eigenvalue weighted by Gasteiger charge is 2.25.